The average Bonchev–Trinajstić information content (AvgIpc) is 3.07. The van der Waals surface area contributed by atoms with Crippen LogP contribution in [0.4, 0.5) is 4.79 Å². The van der Waals surface area contributed by atoms with Crippen molar-refractivity contribution in [3.8, 4) is 11.1 Å². The van der Waals surface area contributed by atoms with Gasteiger partial charge in [-0.2, -0.15) is 0 Å². The second-order valence-electron chi connectivity index (χ2n) is 7.47. The van der Waals surface area contributed by atoms with Crippen molar-refractivity contribution in [2.45, 2.75) is 25.3 Å². The van der Waals surface area contributed by atoms with E-state index in [0.29, 0.717) is 0 Å². The van der Waals surface area contributed by atoms with E-state index in [2.05, 4.69) is 17.4 Å². The van der Waals surface area contributed by atoms with E-state index in [0.717, 1.165) is 33.4 Å². The molecule has 0 saturated heterocycles. The Morgan fingerprint density at radius 3 is 2.10 bits per heavy atom. The molecule has 3 aromatic rings. The topological polar surface area (TPSA) is 78.5 Å². The molecule has 0 heterocycles. The van der Waals surface area contributed by atoms with Crippen molar-refractivity contribution in [2.24, 2.45) is 0 Å². The Kier molecular flexibility index (Phi) is 5.53. The van der Waals surface area contributed by atoms with Gasteiger partial charge in [0.05, 0.1) is 12.0 Å². The van der Waals surface area contributed by atoms with Crippen LogP contribution >= 0.6 is 0 Å². The Hall–Kier alpha value is -3.60. The lowest BCUT2D eigenvalue weighted by atomic mass is 9.98. The first-order valence-corrected chi connectivity index (χ1v) is 9.91. The number of aliphatic carboxylic acids is 1. The Morgan fingerprint density at radius 2 is 1.50 bits per heavy atom. The smallest absolute Gasteiger partial charge is 0.407 e. The van der Waals surface area contributed by atoms with Gasteiger partial charge in [0, 0.05) is 5.92 Å². The highest BCUT2D eigenvalue weighted by Gasteiger charge is 2.29. The molecule has 5 nitrogen and oxygen atoms in total. The molecule has 0 aliphatic heterocycles. The van der Waals surface area contributed by atoms with Crippen LogP contribution in [0.1, 0.15) is 28.2 Å². The first-order valence-electron chi connectivity index (χ1n) is 9.91. The van der Waals surface area contributed by atoms with Crippen molar-refractivity contribution in [1.29, 1.82) is 0 Å². The number of ether oxygens (including phenoxy) is 1. The third kappa shape index (κ3) is 3.92. The summed E-state index contributed by atoms with van der Waals surface area (Å²) in [5.41, 5.74) is 6.26. The van der Waals surface area contributed by atoms with Gasteiger partial charge >= 0.3 is 6.09 Å². The van der Waals surface area contributed by atoms with Crippen LogP contribution in [-0.4, -0.2) is 24.7 Å². The van der Waals surface area contributed by atoms with Gasteiger partial charge < -0.3 is 20.0 Å². The molecule has 0 saturated carbocycles. The fourth-order valence-electron chi connectivity index (χ4n) is 4.03. The molecule has 1 aliphatic carbocycles. The minimum atomic E-state index is -1.34. The van der Waals surface area contributed by atoms with Crippen LogP contribution in [-0.2, 0) is 16.0 Å². The molecule has 1 aliphatic rings. The molecule has 152 valence electrons. The molecule has 1 amide bonds. The molecule has 0 bridgehead atoms. The summed E-state index contributed by atoms with van der Waals surface area (Å²) in [6, 6.07) is 22.4. The highest BCUT2D eigenvalue weighted by Crippen LogP contribution is 2.44. The number of amides is 1. The molecule has 1 atom stereocenters. The largest absolute Gasteiger partial charge is 0.548 e. The van der Waals surface area contributed by atoms with Crippen LogP contribution in [0.25, 0.3) is 11.1 Å². The monoisotopic (exact) mass is 400 g/mol. The number of carbonyl (C=O) groups is 2. The lowest BCUT2D eigenvalue weighted by Gasteiger charge is -2.21. The molecule has 3 aromatic carbocycles. The SMILES string of the molecule is Cc1ccccc1C[C@H](NC(=O)OCC1c2ccccc2-c2ccccc21)C(=O)[O-]. The number of carboxylic acid groups (broad SMARTS) is 1. The number of benzene rings is 3. The fourth-order valence-corrected chi connectivity index (χ4v) is 4.03. The van der Waals surface area contributed by atoms with Crippen molar-refractivity contribution < 1.29 is 19.4 Å². The summed E-state index contributed by atoms with van der Waals surface area (Å²) in [7, 11) is 0. The van der Waals surface area contributed by atoms with Crippen molar-refractivity contribution in [3.63, 3.8) is 0 Å². The van der Waals surface area contributed by atoms with Gasteiger partial charge in [0.25, 0.3) is 0 Å². The second kappa shape index (κ2) is 8.41. The zero-order chi connectivity index (χ0) is 21.1. The number of nitrogens with one attached hydrogen (secondary N) is 1. The third-order valence-electron chi connectivity index (χ3n) is 5.61. The van der Waals surface area contributed by atoms with Crippen LogP contribution in [0.5, 0.6) is 0 Å². The first kappa shape index (κ1) is 19.7. The van der Waals surface area contributed by atoms with Crippen LogP contribution in [0, 0.1) is 6.92 Å². The summed E-state index contributed by atoms with van der Waals surface area (Å²) >= 11 is 0. The standard InChI is InChI=1S/C25H23NO4/c1-16-8-2-3-9-17(16)14-23(24(27)28)26-25(29)30-15-22-20-12-6-4-10-18(20)19-11-5-7-13-21(19)22/h2-13,22-23H,14-15H2,1H3,(H,26,29)(H,27,28)/p-1/t23-/m0/s1. The van der Waals surface area contributed by atoms with Crippen LogP contribution < -0.4 is 10.4 Å². The molecule has 0 spiro atoms. The van der Waals surface area contributed by atoms with Gasteiger partial charge in [-0.05, 0) is 46.7 Å². The zero-order valence-corrected chi connectivity index (χ0v) is 16.6. The molecular formula is C25H22NO4-. The van der Waals surface area contributed by atoms with E-state index >= 15 is 0 Å². The van der Waals surface area contributed by atoms with E-state index in [1.807, 2.05) is 67.6 Å². The minimum absolute atomic E-state index is 0.0825. The average molecular weight is 400 g/mol. The molecule has 30 heavy (non-hydrogen) atoms. The molecule has 0 unspecified atom stereocenters. The summed E-state index contributed by atoms with van der Waals surface area (Å²) in [6.07, 6.45) is -0.626. The van der Waals surface area contributed by atoms with Crippen LogP contribution in [0.2, 0.25) is 0 Å². The maximum Gasteiger partial charge on any atom is 0.407 e. The van der Waals surface area contributed by atoms with Crippen molar-refractivity contribution in [1.82, 2.24) is 5.32 Å². The second-order valence-corrected chi connectivity index (χ2v) is 7.47. The number of carboxylic acids is 1. The van der Waals surface area contributed by atoms with Gasteiger partial charge in [0.15, 0.2) is 0 Å². The maximum atomic E-state index is 12.4. The van der Waals surface area contributed by atoms with E-state index in [9.17, 15) is 14.7 Å². The molecule has 0 aromatic heterocycles. The van der Waals surface area contributed by atoms with Crippen LogP contribution in [0.15, 0.2) is 72.8 Å². The van der Waals surface area contributed by atoms with Gasteiger partial charge in [-0.3, -0.25) is 0 Å². The number of aryl methyl sites for hydroxylation is 1. The summed E-state index contributed by atoms with van der Waals surface area (Å²) in [6.45, 7) is 2.03. The molecule has 1 N–H and O–H groups in total. The number of hydrogen-bond donors (Lipinski definition) is 1. The Bertz CT molecular complexity index is 1050. The van der Waals surface area contributed by atoms with E-state index in [1.165, 1.54) is 0 Å². The van der Waals surface area contributed by atoms with Crippen LogP contribution in [0.3, 0.4) is 0 Å². The lowest BCUT2D eigenvalue weighted by Crippen LogP contribution is -2.49. The zero-order valence-electron chi connectivity index (χ0n) is 16.6. The normalized spacial score (nSPS) is 13.2. The number of fused-ring (bicyclic) bond motifs is 3. The van der Waals surface area contributed by atoms with E-state index in [-0.39, 0.29) is 18.9 Å². The Morgan fingerprint density at radius 1 is 0.933 bits per heavy atom. The van der Waals surface area contributed by atoms with Gasteiger partial charge in [-0.25, -0.2) is 4.79 Å². The van der Waals surface area contributed by atoms with Gasteiger partial charge in [0.1, 0.15) is 6.61 Å². The number of hydrogen-bond acceptors (Lipinski definition) is 4. The highest BCUT2D eigenvalue weighted by atomic mass is 16.5. The quantitative estimate of drug-likeness (QED) is 0.689. The number of carbonyl (C=O) groups excluding carboxylic acids is 2. The molecule has 0 fully saturated rings. The maximum absolute atomic E-state index is 12.4. The molecule has 5 heteroatoms. The van der Waals surface area contributed by atoms with Gasteiger partial charge in [-0.15, -0.1) is 0 Å². The summed E-state index contributed by atoms with van der Waals surface area (Å²) in [5.74, 6) is -1.42. The number of rotatable bonds is 6. The predicted molar refractivity (Wildman–Crippen MR) is 112 cm³/mol. The summed E-state index contributed by atoms with van der Waals surface area (Å²) in [4.78, 5) is 23.9. The van der Waals surface area contributed by atoms with E-state index in [4.69, 9.17) is 4.74 Å². The molecule has 0 radical (unpaired) electrons. The van der Waals surface area contributed by atoms with Crippen molar-refractivity contribution in [2.75, 3.05) is 6.61 Å². The first-order chi connectivity index (χ1) is 14.5. The van der Waals surface area contributed by atoms with Crippen molar-refractivity contribution in [3.05, 3.63) is 95.1 Å². The summed E-state index contributed by atoms with van der Waals surface area (Å²) < 4.78 is 5.45. The predicted octanol–water partition coefficient (Wildman–Crippen LogP) is 3.19. The fraction of sp³-hybridized carbons (Fsp3) is 0.200. The number of alkyl carbamates (subject to hydrolysis) is 1. The van der Waals surface area contributed by atoms with E-state index in [1.54, 1.807) is 0 Å². The summed E-state index contributed by atoms with van der Waals surface area (Å²) in [5, 5.41) is 14.0. The Balaban J connectivity index is 1.44. The molecular weight excluding hydrogens is 378 g/mol. The Labute approximate surface area is 175 Å². The van der Waals surface area contributed by atoms with E-state index < -0.39 is 18.1 Å². The van der Waals surface area contributed by atoms with Gasteiger partial charge in [-0.1, -0.05) is 72.8 Å². The van der Waals surface area contributed by atoms with Gasteiger partial charge in [0.2, 0.25) is 0 Å². The minimum Gasteiger partial charge on any atom is -0.548 e. The lowest BCUT2D eigenvalue weighted by molar-refractivity contribution is -0.308. The van der Waals surface area contributed by atoms with Crippen molar-refractivity contribution >= 4 is 12.1 Å². The molecule has 4 rings (SSSR count). The highest BCUT2D eigenvalue weighted by molar-refractivity contribution is 5.80. The third-order valence-corrected chi connectivity index (χ3v) is 5.61.